The molecule has 0 spiro atoms. The van der Waals surface area contributed by atoms with Crippen molar-refractivity contribution in [1.82, 2.24) is 10.2 Å². The molecule has 1 amide bonds. The first-order valence-corrected chi connectivity index (χ1v) is 9.13. The molecule has 3 rings (SSSR count). The highest BCUT2D eigenvalue weighted by atomic mass is 79.9. The zero-order valence-corrected chi connectivity index (χ0v) is 15.1. The maximum Gasteiger partial charge on any atom is 0.229 e. The fourth-order valence-electron chi connectivity index (χ4n) is 2.95. The van der Waals surface area contributed by atoms with Crippen LogP contribution in [0.25, 0.3) is 0 Å². The molecular formula is C18H21BrN4O. The van der Waals surface area contributed by atoms with E-state index in [2.05, 4.69) is 36.8 Å². The standard InChI is InChI=1S/C18H21BrN4O/c19-14-6-4-5-13(11-14)12-18(24)21-17-10-9-16(22-23-17)20-15-7-2-1-3-8-15/h4-6,9-11,15H,1-3,7-8,12H2,(H,20,22)(H,21,23,24). The molecule has 0 saturated heterocycles. The molecule has 0 aliphatic heterocycles. The van der Waals surface area contributed by atoms with Crippen LogP contribution in [0, 0.1) is 0 Å². The van der Waals surface area contributed by atoms with E-state index in [4.69, 9.17) is 0 Å². The average molecular weight is 389 g/mol. The second kappa shape index (κ2) is 8.24. The van der Waals surface area contributed by atoms with Crippen molar-refractivity contribution < 1.29 is 4.79 Å². The molecule has 1 heterocycles. The van der Waals surface area contributed by atoms with E-state index in [9.17, 15) is 4.79 Å². The average Bonchev–Trinajstić information content (AvgIpc) is 2.57. The van der Waals surface area contributed by atoms with Crippen LogP contribution >= 0.6 is 15.9 Å². The van der Waals surface area contributed by atoms with E-state index in [1.165, 1.54) is 32.1 Å². The van der Waals surface area contributed by atoms with Crippen LogP contribution in [0.15, 0.2) is 40.9 Å². The van der Waals surface area contributed by atoms with Gasteiger partial charge in [-0.1, -0.05) is 47.3 Å². The van der Waals surface area contributed by atoms with Crippen LogP contribution < -0.4 is 10.6 Å². The lowest BCUT2D eigenvalue weighted by Gasteiger charge is -2.22. The second-order valence-electron chi connectivity index (χ2n) is 6.14. The van der Waals surface area contributed by atoms with E-state index in [1.807, 2.05) is 30.3 Å². The maximum atomic E-state index is 12.1. The van der Waals surface area contributed by atoms with Crippen molar-refractivity contribution in [3.05, 3.63) is 46.4 Å². The maximum absolute atomic E-state index is 12.1. The summed E-state index contributed by atoms with van der Waals surface area (Å²) >= 11 is 3.41. The first kappa shape index (κ1) is 16.9. The van der Waals surface area contributed by atoms with Crippen LogP contribution in [0.5, 0.6) is 0 Å². The van der Waals surface area contributed by atoms with Crippen LogP contribution in [0.2, 0.25) is 0 Å². The van der Waals surface area contributed by atoms with Gasteiger partial charge in [-0.15, -0.1) is 10.2 Å². The highest BCUT2D eigenvalue weighted by Crippen LogP contribution is 2.20. The molecule has 0 unspecified atom stereocenters. The van der Waals surface area contributed by atoms with Gasteiger partial charge in [-0.3, -0.25) is 4.79 Å². The number of carbonyl (C=O) groups excluding carboxylic acids is 1. The van der Waals surface area contributed by atoms with Crippen molar-refractivity contribution in [3.8, 4) is 0 Å². The number of amides is 1. The summed E-state index contributed by atoms with van der Waals surface area (Å²) in [5.41, 5.74) is 0.949. The lowest BCUT2D eigenvalue weighted by molar-refractivity contribution is -0.115. The number of nitrogens with zero attached hydrogens (tertiary/aromatic N) is 2. The molecule has 24 heavy (non-hydrogen) atoms. The summed E-state index contributed by atoms with van der Waals surface area (Å²) in [5, 5.41) is 14.5. The van der Waals surface area contributed by atoms with Crippen molar-refractivity contribution >= 4 is 33.5 Å². The molecule has 1 aromatic heterocycles. The van der Waals surface area contributed by atoms with Gasteiger partial charge in [0.05, 0.1) is 6.42 Å². The van der Waals surface area contributed by atoms with Gasteiger partial charge < -0.3 is 10.6 Å². The molecule has 0 radical (unpaired) electrons. The number of carbonyl (C=O) groups is 1. The molecule has 0 bridgehead atoms. The Labute approximate surface area is 150 Å². The zero-order chi connectivity index (χ0) is 16.8. The molecule has 1 fully saturated rings. The Morgan fingerprint density at radius 1 is 1.08 bits per heavy atom. The SMILES string of the molecule is O=C(Cc1cccc(Br)c1)Nc1ccc(NC2CCCCC2)nn1. The predicted octanol–water partition coefficient (Wildman–Crippen LogP) is 4.16. The Morgan fingerprint density at radius 2 is 1.83 bits per heavy atom. The number of hydrogen-bond acceptors (Lipinski definition) is 4. The molecule has 5 nitrogen and oxygen atoms in total. The van der Waals surface area contributed by atoms with Gasteiger partial charge in [0.15, 0.2) is 5.82 Å². The Morgan fingerprint density at radius 3 is 2.54 bits per heavy atom. The Hall–Kier alpha value is -1.95. The van der Waals surface area contributed by atoms with Crippen LogP contribution in [0.1, 0.15) is 37.7 Å². The number of halogens is 1. The lowest BCUT2D eigenvalue weighted by atomic mass is 9.95. The van der Waals surface area contributed by atoms with Crippen LogP contribution in [-0.2, 0) is 11.2 Å². The van der Waals surface area contributed by atoms with E-state index < -0.39 is 0 Å². The molecule has 1 aliphatic carbocycles. The minimum absolute atomic E-state index is 0.101. The van der Waals surface area contributed by atoms with Gasteiger partial charge in [-0.05, 0) is 42.7 Å². The molecule has 2 aromatic rings. The summed E-state index contributed by atoms with van der Waals surface area (Å²) in [6.45, 7) is 0. The van der Waals surface area contributed by atoms with Crippen LogP contribution in [0.4, 0.5) is 11.6 Å². The fourth-order valence-corrected chi connectivity index (χ4v) is 3.40. The van der Waals surface area contributed by atoms with Gasteiger partial charge in [-0.25, -0.2) is 0 Å². The largest absolute Gasteiger partial charge is 0.366 e. The highest BCUT2D eigenvalue weighted by molar-refractivity contribution is 9.10. The van der Waals surface area contributed by atoms with Crippen LogP contribution in [-0.4, -0.2) is 22.1 Å². The summed E-state index contributed by atoms with van der Waals surface area (Å²) in [6.07, 6.45) is 6.55. The third kappa shape index (κ3) is 5.03. The number of nitrogens with one attached hydrogen (secondary N) is 2. The molecule has 1 saturated carbocycles. The Kier molecular flexibility index (Phi) is 5.80. The van der Waals surface area contributed by atoms with Crippen molar-refractivity contribution in [2.75, 3.05) is 10.6 Å². The lowest BCUT2D eigenvalue weighted by Crippen LogP contribution is -2.23. The molecular weight excluding hydrogens is 368 g/mol. The fraction of sp³-hybridized carbons (Fsp3) is 0.389. The minimum Gasteiger partial charge on any atom is -0.366 e. The number of benzene rings is 1. The van der Waals surface area contributed by atoms with Gasteiger partial charge >= 0.3 is 0 Å². The number of rotatable bonds is 5. The van der Waals surface area contributed by atoms with Gasteiger partial charge in [0.25, 0.3) is 0 Å². The molecule has 0 atom stereocenters. The number of aromatic nitrogens is 2. The predicted molar refractivity (Wildman–Crippen MR) is 99.0 cm³/mol. The normalized spacial score (nSPS) is 15.0. The molecule has 1 aliphatic rings. The van der Waals surface area contributed by atoms with Crippen molar-refractivity contribution in [1.29, 1.82) is 0 Å². The van der Waals surface area contributed by atoms with Gasteiger partial charge in [0.1, 0.15) is 5.82 Å². The number of anilines is 2. The first-order chi connectivity index (χ1) is 11.7. The van der Waals surface area contributed by atoms with E-state index in [1.54, 1.807) is 6.07 Å². The third-order valence-electron chi connectivity index (χ3n) is 4.14. The van der Waals surface area contributed by atoms with Gasteiger partial charge in [0, 0.05) is 10.5 Å². The van der Waals surface area contributed by atoms with Gasteiger partial charge in [0.2, 0.25) is 5.91 Å². The topological polar surface area (TPSA) is 66.9 Å². The summed E-state index contributed by atoms with van der Waals surface area (Å²) < 4.78 is 0.964. The van der Waals surface area contributed by atoms with E-state index >= 15 is 0 Å². The summed E-state index contributed by atoms with van der Waals surface area (Å²) in [5.74, 6) is 1.14. The third-order valence-corrected chi connectivity index (χ3v) is 4.64. The number of hydrogen-bond donors (Lipinski definition) is 2. The quantitative estimate of drug-likeness (QED) is 0.806. The summed E-state index contributed by atoms with van der Waals surface area (Å²) in [7, 11) is 0. The zero-order valence-electron chi connectivity index (χ0n) is 13.5. The Balaban J connectivity index is 1.52. The molecule has 1 aromatic carbocycles. The highest BCUT2D eigenvalue weighted by Gasteiger charge is 2.13. The van der Waals surface area contributed by atoms with E-state index in [-0.39, 0.29) is 5.91 Å². The monoisotopic (exact) mass is 388 g/mol. The molecule has 2 N–H and O–H groups in total. The summed E-state index contributed by atoms with van der Waals surface area (Å²) in [4.78, 5) is 12.1. The van der Waals surface area contributed by atoms with Crippen molar-refractivity contribution in [3.63, 3.8) is 0 Å². The van der Waals surface area contributed by atoms with Crippen LogP contribution in [0.3, 0.4) is 0 Å². The van der Waals surface area contributed by atoms with Crippen molar-refractivity contribution in [2.45, 2.75) is 44.6 Å². The smallest absolute Gasteiger partial charge is 0.229 e. The molecule has 6 heteroatoms. The Bertz CT molecular complexity index is 684. The molecule has 126 valence electrons. The van der Waals surface area contributed by atoms with Gasteiger partial charge in [-0.2, -0.15) is 0 Å². The summed E-state index contributed by atoms with van der Waals surface area (Å²) in [6, 6.07) is 11.9. The van der Waals surface area contributed by atoms with E-state index in [0.717, 1.165) is 15.9 Å². The second-order valence-corrected chi connectivity index (χ2v) is 7.05. The van der Waals surface area contributed by atoms with Crippen molar-refractivity contribution in [2.24, 2.45) is 0 Å². The first-order valence-electron chi connectivity index (χ1n) is 8.33. The van der Waals surface area contributed by atoms with E-state index in [0.29, 0.717) is 18.3 Å². The minimum atomic E-state index is -0.101.